The molecule has 0 unspecified atom stereocenters. The smallest absolute Gasteiger partial charge is 0.339 e. The van der Waals surface area contributed by atoms with Crippen LogP contribution in [0, 0.1) is 5.82 Å². The van der Waals surface area contributed by atoms with Crippen LogP contribution in [0.5, 0.6) is 11.5 Å². The molecule has 2 rings (SSSR count). The highest BCUT2D eigenvalue weighted by Crippen LogP contribution is 2.34. The lowest BCUT2D eigenvalue weighted by atomic mass is 10.2. The molecule has 0 amide bonds. The molecule has 0 aliphatic rings. The fraction of sp³-hybridized carbons (Fsp3) is 0. The molecule has 0 radical (unpaired) electrons. The fourth-order valence-corrected chi connectivity index (χ4v) is 2.58. The first-order chi connectivity index (χ1) is 8.99. The maximum Gasteiger partial charge on any atom is 0.339 e. The third-order valence-electron chi connectivity index (χ3n) is 2.30. The maximum absolute atomic E-state index is 13.7. The summed E-state index contributed by atoms with van der Waals surface area (Å²) in [7, 11) is 0. The zero-order chi connectivity index (χ0) is 14.0. The van der Waals surface area contributed by atoms with Gasteiger partial charge in [0.05, 0.1) is 4.47 Å². The zero-order valence-electron chi connectivity index (χ0n) is 9.36. The SMILES string of the molecule is O=C(O)c1cccc(F)c1Oc1ccc(Br)cc1Br. The summed E-state index contributed by atoms with van der Waals surface area (Å²) in [5, 5.41) is 9.02. The zero-order valence-corrected chi connectivity index (χ0v) is 12.5. The van der Waals surface area contributed by atoms with E-state index in [4.69, 9.17) is 9.84 Å². The van der Waals surface area contributed by atoms with E-state index in [9.17, 15) is 9.18 Å². The van der Waals surface area contributed by atoms with Gasteiger partial charge in [0.15, 0.2) is 11.6 Å². The van der Waals surface area contributed by atoms with Crippen LogP contribution in [-0.4, -0.2) is 11.1 Å². The quantitative estimate of drug-likeness (QED) is 0.816. The Hall–Kier alpha value is -1.40. The molecule has 0 aromatic heterocycles. The normalized spacial score (nSPS) is 10.3. The number of carboxylic acids is 1. The number of carboxylic acid groups (broad SMARTS) is 1. The van der Waals surface area contributed by atoms with Gasteiger partial charge in [-0.15, -0.1) is 0 Å². The topological polar surface area (TPSA) is 46.5 Å². The van der Waals surface area contributed by atoms with E-state index in [2.05, 4.69) is 31.9 Å². The third kappa shape index (κ3) is 3.13. The van der Waals surface area contributed by atoms with Gasteiger partial charge in [-0.25, -0.2) is 9.18 Å². The number of para-hydroxylation sites is 1. The summed E-state index contributed by atoms with van der Waals surface area (Å²) in [6.07, 6.45) is 0. The molecule has 0 bridgehead atoms. The number of halogens is 3. The van der Waals surface area contributed by atoms with Crippen molar-refractivity contribution in [3.05, 3.63) is 56.7 Å². The largest absolute Gasteiger partial charge is 0.478 e. The molecule has 2 aromatic carbocycles. The first-order valence-corrected chi connectivity index (χ1v) is 6.72. The van der Waals surface area contributed by atoms with E-state index in [0.29, 0.717) is 10.2 Å². The molecule has 19 heavy (non-hydrogen) atoms. The van der Waals surface area contributed by atoms with Gasteiger partial charge in [-0.1, -0.05) is 22.0 Å². The van der Waals surface area contributed by atoms with E-state index < -0.39 is 11.8 Å². The van der Waals surface area contributed by atoms with Crippen LogP contribution in [0.3, 0.4) is 0 Å². The third-order valence-corrected chi connectivity index (χ3v) is 3.42. The summed E-state index contributed by atoms with van der Waals surface area (Å²) in [4.78, 5) is 11.0. The Morgan fingerprint density at radius 2 is 1.95 bits per heavy atom. The van der Waals surface area contributed by atoms with Gasteiger partial charge in [-0.2, -0.15) is 0 Å². The van der Waals surface area contributed by atoms with E-state index in [0.717, 1.165) is 10.5 Å². The summed E-state index contributed by atoms with van der Waals surface area (Å²) in [5.41, 5.74) is -0.227. The Balaban J connectivity index is 2.46. The van der Waals surface area contributed by atoms with Crippen molar-refractivity contribution in [2.75, 3.05) is 0 Å². The van der Waals surface area contributed by atoms with Gasteiger partial charge in [0, 0.05) is 4.47 Å². The summed E-state index contributed by atoms with van der Waals surface area (Å²) in [6, 6.07) is 8.79. The Morgan fingerprint density at radius 1 is 1.21 bits per heavy atom. The highest BCUT2D eigenvalue weighted by molar-refractivity contribution is 9.11. The average Bonchev–Trinajstić information content (AvgIpc) is 2.34. The Morgan fingerprint density at radius 3 is 2.58 bits per heavy atom. The van der Waals surface area contributed by atoms with E-state index in [-0.39, 0.29) is 11.3 Å². The van der Waals surface area contributed by atoms with Gasteiger partial charge in [0.25, 0.3) is 0 Å². The van der Waals surface area contributed by atoms with Crippen LogP contribution < -0.4 is 4.74 Å². The summed E-state index contributed by atoms with van der Waals surface area (Å²) >= 11 is 6.55. The van der Waals surface area contributed by atoms with E-state index in [1.165, 1.54) is 12.1 Å². The highest BCUT2D eigenvalue weighted by Gasteiger charge is 2.17. The molecule has 0 saturated carbocycles. The fourth-order valence-electron chi connectivity index (χ4n) is 1.45. The first-order valence-electron chi connectivity index (χ1n) is 5.13. The number of ether oxygens (including phenoxy) is 1. The number of hydrogen-bond acceptors (Lipinski definition) is 2. The second-order valence-corrected chi connectivity index (χ2v) is 5.37. The van der Waals surface area contributed by atoms with Crippen molar-refractivity contribution in [1.29, 1.82) is 0 Å². The van der Waals surface area contributed by atoms with Gasteiger partial charge in [0.2, 0.25) is 0 Å². The van der Waals surface area contributed by atoms with Gasteiger partial charge in [-0.05, 0) is 46.3 Å². The summed E-state index contributed by atoms with van der Waals surface area (Å²) in [5.74, 6) is -1.95. The molecule has 0 aliphatic carbocycles. The Bertz CT molecular complexity index is 644. The summed E-state index contributed by atoms with van der Waals surface area (Å²) < 4.78 is 20.5. The molecule has 1 N–H and O–H groups in total. The first kappa shape index (κ1) is 14.0. The molecule has 0 spiro atoms. The molecule has 0 saturated heterocycles. The minimum absolute atomic E-state index is 0.227. The molecule has 98 valence electrons. The van der Waals surface area contributed by atoms with Crippen LogP contribution >= 0.6 is 31.9 Å². The van der Waals surface area contributed by atoms with Crippen molar-refractivity contribution in [1.82, 2.24) is 0 Å². The van der Waals surface area contributed by atoms with Crippen molar-refractivity contribution >= 4 is 37.8 Å². The van der Waals surface area contributed by atoms with Crippen LogP contribution in [0.2, 0.25) is 0 Å². The van der Waals surface area contributed by atoms with Gasteiger partial charge >= 0.3 is 5.97 Å². The minimum Gasteiger partial charge on any atom is -0.478 e. The van der Waals surface area contributed by atoms with Crippen LogP contribution in [0.15, 0.2) is 45.3 Å². The molecular formula is C13H7Br2FO3. The number of benzene rings is 2. The number of aromatic carboxylic acids is 1. The van der Waals surface area contributed by atoms with Crippen molar-refractivity contribution in [3.8, 4) is 11.5 Å². The number of carbonyl (C=O) groups is 1. The van der Waals surface area contributed by atoms with Crippen LogP contribution in [0.4, 0.5) is 4.39 Å². The molecular weight excluding hydrogens is 383 g/mol. The molecule has 0 aliphatic heterocycles. The average molecular weight is 390 g/mol. The second kappa shape index (κ2) is 5.71. The van der Waals surface area contributed by atoms with E-state index >= 15 is 0 Å². The van der Waals surface area contributed by atoms with Crippen molar-refractivity contribution in [2.24, 2.45) is 0 Å². The maximum atomic E-state index is 13.7. The highest BCUT2D eigenvalue weighted by atomic mass is 79.9. The standard InChI is InChI=1S/C13H7Br2FO3/c14-7-4-5-11(9(15)6-7)19-12-8(13(17)18)2-1-3-10(12)16/h1-6H,(H,17,18). The number of hydrogen-bond donors (Lipinski definition) is 1. The van der Waals surface area contributed by atoms with Crippen molar-refractivity contribution in [2.45, 2.75) is 0 Å². The monoisotopic (exact) mass is 388 g/mol. The lowest BCUT2D eigenvalue weighted by molar-refractivity contribution is 0.0693. The van der Waals surface area contributed by atoms with Crippen molar-refractivity contribution in [3.63, 3.8) is 0 Å². The van der Waals surface area contributed by atoms with Gasteiger partial charge in [-0.3, -0.25) is 0 Å². The van der Waals surface area contributed by atoms with Crippen LogP contribution in [0.25, 0.3) is 0 Å². The molecule has 2 aromatic rings. The Labute approximate surface area is 125 Å². The van der Waals surface area contributed by atoms with E-state index in [1.807, 2.05) is 0 Å². The molecule has 0 heterocycles. The summed E-state index contributed by atoms with van der Waals surface area (Å²) in [6.45, 7) is 0. The van der Waals surface area contributed by atoms with Crippen LogP contribution in [0.1, 0.15) is 10.4 Å². The predicted molar refractivity (Wildman–Crippen MR) is 75.3 cm³/mol. The molecule has 0 fully saturated rings. The van der Waals surface area contributed by atoms with E-state index in [1.54, 1.807) is 18.2 Å². The molecule has 0 atom stereocenters. The lowest BCUT2D eigenvalue weighted by Crippen LogP contribution is -2.02. The molecule has 6 heteroatoms. The van der Waals surface area contributed by atoms with Crippen molar-refractivity contribution < 1.29 is 19.0 Å². The minimum atomic E-state index is -1.25. The predicted octanol–water partition coefficient (Wildman–Crippen LogP) is 4.84. The second-order valence-electron chi connectivity index (χ2n) is 3.60. The molecule has 3 nitrogen and oxygen atoms in total. The lowest BCUT2D eigenvalue weighted by Gasteiger charge is -2.11. The van der Waals surface area contributed by atoms with Crippen LogP contribution in [-0.2, 0) is 0 Å². The Kier molecular flexibility index (Phi) is 4.21. The van der Waals surface area contributed by atoms with Gasteiger partial charge in [0.1, 0.15) is 11.3 Å². The number of rotatable bonds is 3. The van der Waals surface area contributed by atoms with Gasteiger partial charge < -0.3 is 9.84 Å².